The molecule has 2 rings (SSSR count). The number of aryl methyl sites for hydroxylation is 1. The summed E-state index contributed by atoms with van der Waals surface area (Å²) in [5.74, 6) is 0.953. The van der Waals surface area contributed by atoms with Gasteiger partial charge in [-0.2, -0.15) is 0 Å². The molecule has 1 unspecified atom stereocenters. The third kappa shape index (κ3) is 1.72. The third-order valence-electron chi connectivity index (χ3n) is 2.65. The summed E-state index contributed by atoms with van der Waals surface area (Å²) in [5.41, 5.74) is 2.42. The average Bonchev–Trinajstić information content (AvgIpc) is 2.27. The van der Waals surface area contributed by atoms with Gasteiger partial charge in [0.1, 0.15) is 5.75 Å². The Morgan fingerprint density at radius 2 is 2.50 bits per heavy atom. The maximum Gasteiger partial charge on any atom is 0.125 e. The predicted molar refractivity (Wildman–Crippen MR) is 58.4 cm³/mol. The molecule has 0 spiro atoms. The molecule has 0 radical (unpaired) electrons. The Hall–Kier alpha value is -0.740. The van der Waals surface area contributed by atoms with Crippen LogP contribution in [-0.2, 0) is 12.8 Å². The van der Waals surface area contributed by atoms with E-state index in [-0.39, 0.29) is 0 Å². The maximum absolute atomic E-state index is 5.61. The fourth-order valence-corrected chi connectivity index (χ4v) is 2.40. The van der Waals surface area contributed by atoms with E-state index in [0.29, 0.717) is 5.25 Å². The number of hydrogen-bond donors (Lipinski definition) is 1. The number of hydrogen-bond acceptors (Lipinski definition) is 4. The highest BCUT2D eigenvalue weighted by atomic mass is 32.2. The fraction of sp³-hybridized carbons (Fsp3) is 0.500. The topological polar surface area (TPSA) is 48.1 Å². The predicted octanol–water partition coefficient (Wildman–Crippen LogP) is 1.55. The summed E-state index contributed by atoms with van der Waals surface area (Å²) in [6.07, 6.45) is 4.93. The lowest BCUT2D eigenvalue weighted by molar-refractivity contribution is 0.405. The van der Waals surface area contributed by atoms with E-state index < -0.39 is 0 Å². The highest BCUT2D eigenvalue weighted by Gasteiger charge is 2.21. The third-order valence-corrected chi connectivity index (χ3v) is 3.44. The van der Waals surface area contributed by atoms with Crippen LogP contribution in [0.1, 0.15) is 17.7 Å². The minimum Gasteiger partial charge on any atom is -0.496 e. The van der Waals surface area contributed by atoms with Gasteiger partial charge in [-0.05, 0) is 25.3 Å². The van der Waals surface area contributed by atoms with Crippen molar-refractivity contribution in [2.75, 3.05) is 7.11 Å². The van der Waals surface area contributed by atoms with Gasteiger partial charge in [0.05, 0.1) is 7.11 Å². The molecule has 3 nitrogen and oxygen atoms in total. The molecule has 0 aliphatic heterocycles. The van der Waals surface area contributed by atoms with Gasteiger partial charge in [-0.3, -0.25) is 10.1 Å². The monoisotopic (exact) mass is 210 g/mol. The van der Waals surface area contributed by atoms with Crippen molar-refractivity contribution in [2.45, 2.75) is 24.5 Å². The molecule has 0 saturated heterocycles. The van der Waals surface area contributed by atoms with Crippen LogP contribution in [0.15, 0.2) is 12.3 Å². The quantitative estimate of drug-likeness (QED) is 0.752. The number of pyridine rings is 1. The second kappa shape index (κ2) is 4.19. The number of nitrogens with zero attached hydrogens (tertiary/aromatic N) is 1. The van der Waals surface area contributed by atoms with Crippen molar-refractivity contribution in [3.05, 3.63) is 23.5 Å². The van der Waals surface area contributed by atoms with Crippen LogP contribution in [0.4, 0.5) is 0 Å². The highest BCUT2D eigenvalue weighted by Crippen LogP contribution is 2.31. The van der Waals surface area contributed by atoms with Crippen LogP contribution in [0.2, 0.25) is 0 Å². The zero-order chi connectivity index (χ0) is 9.97. The van der Waals surface area contributed by atoms with Crippen molar-refractivity contribution < 1.29 is 4.74 Å². The Labute approximate surface area is 88.2 Å². The number of nitrogens with two attached hydrogens (primary N) is 1. The van der Waals surface area contributed by atoms with E-state index in [4.69, 9.17) is 9.88 Å². The van der Waals surface area contributed by atoms with Crippen LogP contribution < -0.4 is 9.88 Å². The van der Waals surface area contributed by atoms with Gasteiger partial charge in [-0.25, -0.2) is 0 Å². The molecule has 4 heteroatoms. The molecule has 0 aromatic carbocycles. The Morgan fingerprint density at radius 3 is 3.21 bits per heavy atom. The van der Waals surface area contributed by atoms with Gasteiger partial charge >= 0.3 is 0 Å². The second-order valence-electron chi connectivity index (χ2n) is 3.44. The number of fused-ring (bicyclic) bond motifs is 1. The summed E-state index contributed by atoms with van der Waals surface area (Å²) < 4.78 is 5.32. The first-order valence-corrected chi connectivity index (χ1v) is 5.65. The number of aromatic nitrogens is 1. The lowest BCUT2D eigenvalue weighted by atomic mass is 9.95. The first-order valence-electron chi connectivity index (χ1n) is 4.71. The second-order valence-corrected chi connectivity index (χ2v) is 4.38. The van der Waals surface area contributed by atoms with Crippen molar-refractivity contribution in [2.24, 2.45) is 5.14 Å². The van der Waals surface area contributed by atoms with Crippen LogP contribution in [-0.4, -0.2) is 17.3 Å². The van der Waals surface area contributed by atoms with E-state index in [1.165, 1.54) is 23.2 Å². The van der Waals surface area contributed by atoms with Gasteiger partial charge in [0.2, 0.25) is 0 Å². The van der Waals surface area contributed by atoms with Gasteiger partial charge in [0.15, 0.2) is 0 Å². The largest absolute Gasteiger partial charge is 0.496 e. The molecule has 2 N–H and O–H groups in total. The lowest BCUT2D eigenvalue weighted by Crippen LogP contribution is -2.19. The average molecular weight is 210 g/mol. The molecule has 1 atom stereocenters. The van der Waals surface area contributed by atoms with E-state index in [9.17, 15) is 0 Å². The Balaban J connectivity index is 2.33. The highest BCUT2D eigenvalue weighted by molar-refractivity contribution is 7.97. The molecule has 0 fully saturated rings. The summed E-state index contributed by atoms with van der Waals surface area (Å²) in [5, 5.41) is 6.12. The van der Waals surface area contributed by atoms with Crippen molar-refractivity contribution >= 4 is 11.9 Å². The van der Waals surface area contributed by atoms with Crippen LogP contribution >= 0.6 is 11.9 Å². The van der Waals surface area contributed by atoms with Crippen molar-refractivity contribution in [3.8, 4) is 5.75 Å². The Kier molecular flexibility index (Phi) is 2.93. The fourth-order valence-electron chi connectivity index (χ4n) is 1.88. The van der Waals surface area contributed by atoms with E-state index >= 15 is 0 Å². The van der Waals surface area contributed by atoms with Crippen molar-refractivity contribution in [1.29, 1.82) is 0 Å². The van der Waals surface area contributed by atoms with Crippen molar-refractivity contribution in [3.63, 3.8) is 0 Å². The summed E-state index contributed by atoms with van der Waals surface area (Å²) in [6.45, 7) is 0. The number of methoxy groups -OCH3 is 1. The van der Waals surface area contributed by atoms with Gasteiger partial charge < -0.3 is 4.74 Å². The van der Waals surface area contributed by atoms with Crippen LogP contribution in [0.5, 0.6) is 5.75 Å². The molecule has 0 amide bonds. The summed E-state index contributed by atoms with van der Waals surface area (Å²) in [4.78, 5) is 4.37. The molecule has 14 heavy (non-hydrogen) atoms. The molecule has 1 aromatic rings. The molecule has 0 saturated carbocycles. The normalized spacial score (nSPS) is 20.3. The van der Waals surface area contributed by atoms with Gasteiger partial charge in [-0.1, -0.05) is 11.9 Å². The standard InChI is InChI=1S/C10H14N2OS/c1-13-10-4-5-12-9-3-2-7(14-11)6-8(9)10/h4-5,7H,2-3,6,11H2,1H3. The minimum atomic E-state index is 0.514. The zero-order valence-corrected chi connectivity index (χ0v) is 9.01. The molecule has 1 aromatic heterocycles. The summed E-state index contributed by atoms with van der Waals surface area (Å²) in [6, 6.07) is 1.92. The lowest BCUT2D eigenvalue weighted by Gasteiger charge is -2.23. The molecule has 76 valence electrons. The Bertz CT molecular complexity index is 316. The first-order chi connectivity index (χ1) is 6.85. The van der Waals surface area contributed by atoms with E-state index in [1.807, 2.05) is 12.3 Å². The first kappa shape index (κ1) is 9.80. The minimum absolute atomic E-state index is 0.514. The number of ether oxygens (including phenoxy) is 1. The van der Waals surface area contributed by atoms with E-state index in [1.54, 1.807) is 7.11 Å². The van der Waals surface area contributed by atoms with Crippen LogP contribution in [0.3, 0.4) is 0 Å². The SMILES string of the molecule is COc1ccnc2c1CC(SN)CC2. The molecule has 1 heterocycles. The smallest absolute Gasteiger partial charge is 0.125 e. The van der Waals surface area contributed by atoms with Crippen LogP contribution in [0, 0.1) is 0 Å². The molecule has 0 bridgehead atoms. The van der Waals surface area contributed by atoms with Gasteiger partial charge in [-0.15, -0.1) is 0 Å². The number of rotatable bonds is 2. The Morgan fingerprint density at radius 1 is 1.64 bits per heavy atom. The summed E-state index contributed by atoms with van der Waals surface area (Å²) >= 11 is 1.45. The molecular formula is C10H14N2OS. The zero-order valence-electron chi connectivity index (χ0n) is 8.19. The van der Waals surface area contributed by atoms with E-state index in [2.05, 4.69) is 4.98 Å². The molecule has 1 aliphatic carbocycles. The van der Waals surface area contributed by atoms with Gasteiger partial charge in [0, 0.05) is 22.7 Å². The van der Waals surface area contributed by atoms with Crippen LogP contribution in [0.25, 0.3) is 0 Å². The molecular weight excluding hydrogens is 196 g/mol. The van der Waals surface area contributed by atoms with Crippen molar-refractivity contribution in [1.82, 2.24) is 4.98 Å². The van der Waals surface area contributed by atoms with E-state index in [0.717, 1.165) is 25.0 Å². The summed E-state index contributed by atoms with van der Waals surface area (Å²) in [7, 11) is 1.70. The maximum atomic E-state index is 5.61. The molecule has 1 aliphatic rings. The van der Waals surface area contributed by atoms with Gasteiger partial charge in [0.25, 0.3) is 0 Å².